The third kappa shape index (κ3) is 4.54. The molecule has 0 aromatic carbocycles. The summed E-state index contributed by atoms with van der Waals surface area (Å²) in [6.07, 6.45) is 11.4. The Labute approximate surface area is 181 Å². The van der Waals surface area contributed by atoms with Crippen LogP contribution >= 0.6 is 0 Å². The van der Waals surface area contributed by atoms with Gasteiger partial charge in [-0.3, -0.25) is 4.98 Å². The van der Waals surface area contributed by atoms with Crippen LogP contribution in [-0.4, -0.2) is 46.2 Å². The Morgan fingerprint density at radius 3 is 2.94 bits per heavy atom. The van der Waals surface area contributed by atoms with Gasteiger partial charge in [0.15, 0.2) is 5.82 Å². The average molecular weight is 416 g/mol. The number of ether oxygens (including phenoxy) is 1. The van der Waals surface area contributed by atoms with Gasteiger partial charge in [0.05, 0.1) is 30.4 Å². The molecule has 0 spiro atoms. The number of hydrogen-bond donors (Lipinski definition) is 3. The SMILES string of the molecule is C=C/C=C(\C=C)Nc1cc(-c2nc(NC3CCNC3)c3c(OC)cncc3n2)ccn1. The molecular formula is C23H25N7O. The summed E-state index contributed by atoms with van der Waals surface area (Å²) in [6.45, 7) is 9.39. The number of methoxy groups -OCH3 is 1. The van der Waals surface area contributed by atoms with Crippen molar-refractivity contribution < 1.29 is 4.74 Å². The lowest BCUT2D eigenvalue weighted by molar-refractivity contribution is 0.418. The third-order valence-electron chi connectivity index (χ3n) is 5.00. The molecule has 31 heavy (non-hydrogen) atoms. The van der Waals surface area contributed by atoms with Gasteiger partial charge in [-0.2, -0.15) is 0 Å². The highest BCUT2D eigenvalue weighted by molar-refractivity contribution is 5.95. The third-order valence-corrected chi connectivity index (χ3v) is 5.00. The van der Waals surface area contributed by atoms with E-state index in [1.165, 1.54) is 0 Å². The van der Waals surface area contributed by atoms with Gasteiger partial charge in [0.1, 0.15) is 17.4 Å². The van der Waals surface area contributed by atoms with Crippen LogP contribution in [0.15, 0.2) is 67.8 Å². The summed E-state index contributed by atoms with van der Waals surface area (Å²) in [5, 5.41) is 11.0. The molecule has 0 radical (unpaired) electrons. The number of nitrogens with one attached hydrogen (secondary N) is 3. The molecule has 3 aromatic rings. The number of rotatable bonds is 8. The van der Waals surface area contributed by atoms with Crippen molar-refractivity contribution in [3.8, 4) is 17.1 Å². The van der Waals surface area contributed by atoms with Crippen molar-refractivity contribution >= 4 is 22.5 Å². The molecule has 1 fully saturated rings. The molecule has 1 atom stereocenters. The van der Waals surface area contributed by atoms with Crippen molar-refractivity contribution in [1.82, 2.24) is 25.3 Å². The average Bonchev–Trinajstić information content (AvgIpc) is 3.31. The van der Waals surface area contributed by atoms with E-state index in [-0.39, 0.29) is 6.04 Å². The zero-order valence-corrected chi connectivity index (χ0v) is 17.4. The summed E-state index contributed by atoms with van der Waals surface area (Å²) in [7, 11) is 1.63. The van der Waals surface area contributed by atoms with Crippen LogP contribution < -0.4 is 20.7 Å². The van der Waals surface area contributed by atoms with Crippen LogP contribution in [0.4, 0.5) is 11.6 Å². The normalized spacial score (nSPS) is 16.2. The summed E-state index contributed by atoms with van der Waals surface area (Å²) < 4.78 is 5.53. The zero-order chi connectivity index (χ0) is 21.6. The molecular weight excluding hydrogens is 390 g/mol. The first-order valence-corrected chi connectivity index (χ1v) is 10.1. The molecule has 0 bridgehead atoms. The van der Waals surface area contributed by atoms with Gasteiger partial charge in [0.25, 0.3) is 0 Å². The van der Waals surface area contributed by atoms with E-state index in [9.17, 15) is 0 Å². The molecule has 1 aliphatic heterocycles. The maximum atomic E-state index is 5.53. The molecule has 0 saturated carbocycles. The van der Waals surface area contributed by atoms with Crippen LogP contribution in [0, 0.1) is 0 Å². The second kappa shape index (κ2) is 9.36. The van der Waals surface area contributed by atoms with E-state index in [2.05, 4.69) is 39.1 Å². The van der Waals surface area contributed by atoms with E-state index in [4.69, 9.17) is 14.7 Å². The van der Waals surface area contributed by atoms with Gasteiger partial charge in [-0.1, -0.05) is 19.2 Å². The summed E-state index contributed by atoms with van der Waals surface area (Å²) in [5.74, 6) is 2.61. The Hall–Kier alpha value is -3.78. The number of nitrogens with zero attached hydrogens (tertiary/aromatic N) is 4. The molecule has 4 heterocycles. The van der Waals surface area contributed by atoms with Crippen LogP contribution in [0.25, 0.3) is 22.3 Å². The van der Waals surface area contributed by atoms with Gasteiger partial charge < -0.3 is 20.7 Å². The van der Waals surface area contributed by atoms with Gasteiger partial charge in [0.2, 0.25) is 0 Å². The zero-order valence-electron chi connectivity index (χ0n) is 17.4. The van der Waals surface area contributed by atoms with Crippen molar-refractivity contribution in [3.63, 3.8) is 0 Å². The minimum atomic E-state index is 0.290. The summed E-state index contributed by atoms with van der Waals surface area (Å²) >= 11 is 0. The first-order chi connectivity index (χ1) is 15.2. The Kier molecular flexibility index (Phi) is 6.18. The van der Waals surface area contributed by atoms with Crippen LogP contribution in [0.3, 0.4) is 0 Å². The second-order valence-corrected chi connectivity index (χ2v) is 7.08. The first kappa shape index (κ1) is 20.5. The molecule has 1 unspecified atom stereocenters. The lowest BCUT2D eigenvalue weighted by Gasteiger charge is -2.16. The summed E-state index contributed by atoms with van der Waals surface area (Å²) in [4.78, 5) is 18.3. The van der Waals surface area contributed by atoms with Crippen molar-refractivity contribution in [2.75, 3.05) is 30.8 Å². The maximum Gasteiger partial charge on any atom is 0.162 e. The fourth-order valence-electron chi connectivity index (χ4n) is 3.49. The molecule has 4 rings (SSSR count). The number of pyridine rings is 2. The van der Waals surface area contributed by atoms with Crippen LogP contribution in [0.5, 0.6) is 5.75 Å². The van der Waals surface area contributed by atoms with Crippen LogP contribution in [-0.2, 0) is 0 Å². The minimum absolute atomic E-state index is 0.290. The standard InChI is InChI=1S/C23H25N7O/c1-4-6-16(5-2)27-20-11-15(7-10-26-20)22-29-18-13-25-14-19(31-3)21(18)23(30-22)28-17-8-9-24-12-17/h4-7,10-11,13-14,17,24H,1-2,8-9,12H2,3H3,(H,26,27)(H,28,29,30)/b16-6+. The Balaban J connectivity index is 1.77. The molecule has 0 aliphatic carbocycles. The van der Waals surface area contributed by atoms with E-state index in [1.807, 2.05) is 18.2 Å². The number of aromatic nitrogens is 4. The topological polar surface area (TPSA) is 96.9 Å². The quantitative estimate of drug-likeness (QED) is 0.481. The summed E-state index contributed by atoms with van der Waals surface area (Å²) in [5.41, 5.74) is 2.34. The van der Waals surface area contributed by atoms with E-state index >= 15 is 0 Å². The molecule has 158 valence electrons. The van der Waals surface area contributed by atoms with Crippen molar-refractivity contribution in [2.24, 2.45) is 0 Å². The van der Waals surface area contributed by atoms with Crippen LogP contribution in [0.2, 0.25) is 0 Å². The van der Waals surface area contributed by atoms with Gasteiger partial charge in [-0.25, -0.2) is 15.0 Å². The molecule has 0 amide bonds. The molecule has 3 N–H and O–H groups in total. The fourth-order valence-corrected chi connectivity index (χ4v) is 3.49. The van der Waals surface area contributed by atoms with E-state index in [0.29, 0.717) is 22.9 Å². The van der Waals surface area contributed by atoms with Gasteiger partial charge >= 0.3 is 0 Å². The largest absolute Gasteiger partial charge is 0.494 e. The maximum absolute atomic E-state index is 5.53. The van der Waals surface area contributed by atoms with Crippen LogP contribution in [0.1, 0.15) is 6.42 Å². The summed E-state index contributed by atoms with van der Waals surface area (Å²) in [6, 6.07) is 4.07. The molecule has 8 heteroatoms. The number of fused-ring (bicyclic) bond motifs is 1. The predicted molar refractivity (Wildman–Crippen MR) is 124 cm³/mol. The van der Waals surface area contributed by atoms with Crippen molar-refractivity contribution in [1.29, 1.82) is 0 Å². The van der Waals surface area contributed by atoms with Gasteiger partial charge in [0, 0.05) is 30.0 Å². The Morgan fingerprint density at radius 2 is 2.19 bits per heavy atom. The number of hydrogen-bond acceptors (Lipinski definition) is 8. The minimum Gasteiger partial charge on any atom is -0.494 e. The van der Waals surface area contributed by atoms with E-state index < -0.39 is 0 Å². The van der Waals surface area contributed by atoms with Crippen molar-refractivity contribution in [2.45, 2.75) is 12.5 Å². The first-order valence-electron chi connectivity index (χ1n) is 10.1. The predicted octanol–water partition coefficient (Wildman–Crippen LogP) is 3.54. The molecule has 3 aromatic heterocycles. The van der Waals surface area contributed by atoms with E-state index in [1.54, 1.807) is 37.9 Å². The lowest BCUT2D eigenvalue weighted by atomic mass is 10.2. The Morgan fingerprint density at radius 1 is 1.29 bits per heavy atom. The number of allylic oxidation sites excluding steroid dienone is 3. The van der Waals surface area contributed by atoms with Gasteiger partial charge in [-0.05, 0) is 37.3 Å². The molecule has 8 nitrogen and oxygen atoms in total. The molecule has 1 aliphatic rings. The smallest absolute Gasteiger partial charge is 0.162 e. The van der Waals surface area contributed by atoms with Crippen molar-refractivity contribution in [3.05, 3.63) is 67.8 Å². The highest BCUT2D eigenvalue weighted by atomic mass is 16.5. The number of anilines is 2. The highest BCUT2D eigenvalue weighted by Gasteiger charge is 2.19. The molecule has 1 saturated heterocycles. The Bertz CT molecular complexity index is 1140. The lowest BCUT2D eigenvalue weighted by Crippen LogP contribution is -2.23. The highest BCUT2D eigenvalue weighted by Crippen LogP contribution is 2.32. The van der Waals surface area contributed by atoms with Gasteiger partial charge in [-0.15, -0.1) is 0 Å². The fraction of sp³-hybridized carbons (Fsp3) is 0.217. The monoisotopic (exact) mass is 415 g/mol. The van der Waals surface area contributed by atoms with E-state index in [0.717, 1.165) is 42.0 Å². The second-order valence-electron chi connectivity index (χ2n) is 7.08.